The molecule has 0 saturated carbocycles. The van der Waals surface area contributed by atoms with Crippen molar-refractivity contribution >= 4 is 39.1 Å². The Balaban J connectivity index is 2.22. The van der Waals surface area contributed by atoms with Crippen molar-refractivity contribution in [2.24, 2.45) is 0 Å². The van der Waals surface area contributed by atoms with Gasteiger partial charge in [0.2, 0.25) is 10.0 Å². The molecule has 184 valence electrons. The van der Waals surface area contributed by atoms with Crippen LogP contribution in [0.25, 0.3) is 0 Å². The first kappa shape index (κ1) is 26.1. The quantitative estimate of drug-likeness (QED) is 0.281. The van der Waals surface area contributed by atoms with Crippen molar-refractivity contribution in [3.8, 4) is 5.75 Å². The van der Waals surface area contributed by atoms with Gasteiger partial charge >= 0.3 is 5.97 Å². The van der Waals surface area contributed by atoms with Gasteiger partial charge in [-0.15, -0.1) is 11.8 Å². The second-order valence-electron chi connectivity index (χ2n) is 7.86. The van der Waals surface area contributed by atoms with Crippen LogP contribution in [-0.2, 0) is 14.8 Å². The first-order valence-electron chi connectivity index (χ1n) is 11.1. The normalized spacial score (nSPS) is 18.0. The lowest BCUT2D eigenvalue weighted by molar-refractivity contribution is -0.131. The molecule has 3 rings (SSSR count). The summed E-state index contributed by atoms with van der Waals surface area (Å²) in [7, 11) is -2.32. The number of nitrogens with zero attached hydrogens (tertiary/aromatic N) is 2. The number of ether oxygens (including phenoxy) is 1. The van der Waals surface area contributed by atoms with Crippen LogP contribution in [0.15, 0.2) is 58.5 Å². The van der Waals surface area contributed by atoms with Gasteiger partial charge in [-0.05, 0) is 42.5 Å². The first-order chi connectivity index (χ1) is 16.2. The third kappa shape index (κ3) is 5.73. The summed E-state index contributed by atoms with van der Waals surface area (Å²) < 4.78 is 48.0. The number of carboxylic acid groups (broad SMARTS) is 1. The van der Waals surface area contributed by atoms with Gasteiger partial charge in [0.05, 0.1) is 22.9 Å². The van der Waals surface area contributed by atoms with Gasteiger partial charge in [0, 0.05) is 31.4 Å². The van der Waals surface area contributed by atoms with Crippen LogP contribution >= 0.6 is 11.8 Å². The molecule has 0 amide bonds. The van der Waals surface area contributed by atoms with Crippen molar-refractivity contribution < 1.29 is 27.4 Å². The molecular formula is C24H29FN2O5S2. The average Bonchev–Trinajstić information content (AvgIpc) is 2.87. The summed E-state index contributed by atoms with van der Waals surface area (Å²) in [5.74, 6) is -0.596. The number of hydrogen-bond acceptors (Lipinski definition) is 6. The molecule has 0 fully saturated rings. The number of carbonyl (C=O) groups is 1. The van der Waals surface area contributed by atoms with Crippen LogP contribution in [0.3, 0.4) is 0 Å². The van der Waals surface area contributed by atoms with Gasteiger partial charge in [-0.3, -0.25) is 0 Å². The van der Waals surface area contributed by atoms with Crippen molar-refractivity contribution in [3.63, 3.8) is 0 Å². The zero-order valence-electron chi connectivity index (χ0n) is 19.4. The lowest BCUT2D eigenvalue weighted by Crippen LogP contribution is -2.40. The Kier molecular flexibility index (Phi) is 8.62. The maximum absolute atomic E-state index is 13.7. The number of rotatable bonds is 9. The molecule has 10 heteroatoms. The number of halogens is 1. The molecule has 2 aromatic rings. The standard InChI is InChI=1S/C24H29FN2O5S2/c1-4-6-7-19-16-27(18-10-8-17(25)9-11-18)20-14-22(33-5-2)21(32-13-12-24(28)29)15-23(20)34(30,31)26(19)3/h8-15,19H,4-7,16H2,1-3H3,(H,28,29). The van der Waals surface area contributed by atoms with Gasteiger partial charge in [-0.1, -0.05) is 26.7 Å². The molecule has 34 heavy (non-hydrogen) atoms. The highest BCUT2D eigenvalue weighted by molar-refractivity contribution is 7.99. The lowest BCUT2D eigenvalue weighted by atomic mass is 10.1. The van der Waals surface area contributed by atoms with Gasteiger partial charge in [-0.2, -0.15) is 4.31 Å². The fourth-order valence-corrected chi connectivity index (χ4v) is 6.15. The van der Waals surface area contributed by atoms with E-state index < -0.39 is 16.0 Å². The van der Waals surface area contributed by atoms with Gasteiger partial charge in [0.15, 0.2) is 0 Å². The van der Waals surface area contributed by atoms with Crippen LogP contribution in [0.2, 0.25) is 0 Å². The second-order valence-corrected chi connectivity index (χ2v) is 11.1. The van der Waals surface area contributed by atoms with Crippen LogP contribution in [0.5, 0.6) is 5.75 Å². The predicted molar refractivity (Wildman–Crippen MR) is 132 cm³/mol. The highest BCUT2D eigenvalue weighted by atomic mass is 32.2. The van der Waals surface area contributed by atoms with Gasteiger partial charge < -0.3 is 14.7 Å². The van der Waals surface area contributed by atoms with E-state index in [1.165, 1.54) is 34.3 Å². The highest BCUT2D eigenvalue weighted by Crippen LogP contribution is 2.44. The monoisotopic (exact) mass is 508 g/mol. The van der Waals surface area contributed by atoms with Crippen LogP contribution < -0.4 is 9.64 Å². The minimum absolute atomic E-state index is 0.0532. The summed E-state index contributed by atoms with van der Waals surface area (Å²) in [6.07, 6.45) is 4.35. The van der Waals surface area contributed by atoms with Crippen molar-refractivity contribution in [2.75, 3.05) is 24.2 Å². The SMILES string of the molecule is CCCCC1CN(c2ccc(F)cc2)c2cc(SCC)c(OC=CC(=O)O)cc2S(=O)(=O)N1C. The number of aliphatic carboxylic acids is 1. The Morgan fingerprint density at radius 2 is 1.97 bits per heavy atom. The van der Waals surface area contributed by atoms with Crippen molar-refractivity contribution in [2.45, 2.75) is 48.9 Å². The molecule has 1 heterocycles. The summed E-state index contributed by atoms with van der Waals surface area (Å²) in [4.78, 5) is 13.5. The molecule has 7 nitrogen and oxygen atoms in total. The van der Waals surface area contributed by atoms with Crippen molar-refractivity contribution in [3.05, 3.63) is 54.6 Å². The molecule has 0 radical (unpaired) electrons. The summed E-state index contributed by atoms with van der Waals surface area (Å²) in [6, 6.07) is 8.90. The number of anilines is 2. The van der Waals surface area contributed by atoms with E-state index in [0.29, 0.717) is 35.0 Å². The molecule has 0 bridgehead atoms. The van der Waals surface area contributed by atoms with E-state index in [-0.39, 0.29) is 22.5 Å². The third-order valence-corrected chi connectivity index (χ3v) is 8.47. The Morgan fingerprint density at radius 3 is 2.59 bits per heavy atom. The maximum atomic E-state index is 13.7. The van der Waals surface area contributed by atoms with E-state index >= 15 is 0 Å². The molecule has 2 aromatic carbocycles. The Hall–Kier alpha value is -2.56. The number of thioether (sulfide) groups is 1. The summed E-state index contributed by atoms with van der Waals surface area (Å²) in [5, 5.41) is 8.88. The van der Waals surface area contributed by atoms with E-state index in [9.17, 15) is 17.6 Å². The molecule has 0 aliphatic carbocycles. The summed E-state index contributed by atoms with van der Waals surface area (Å²) >= 11 is 1.45. The minimum atomic E-state index is -3.89. The largest absolute Gasteiger partial charge is 0.478 e. The molecule has 0 aromatic heterocycles. The topological polar surface area (TPSA) is 87.1 Å². The number of fused-ring (bicyclic) bond motifs is 1. The van der Waals surface area contributed by atoms with E-state index in [1.54, 1.807) is 25.2 Å². The molecule has 1 atom stereocenters. The predicted octanol–water partition coefficient (Wildman–Crippen LogP) is 5.25. The van der Waals surface area contributed by atoms with Crippen LogP contribution in [-0.4, -0.2) is 49.2 Å². The number of likely N-dealkylation sites (N-methyl/N-ethyl adjacent to an activating group) is 1. The van der Waals surface area contributed by atoms with E-state index in [4.69, 9.17) is 9.84 Å². The molecule has 0 saturated heterocycles. The summed E-state index contributed by atoms with van der Waals surface area (Å²) in [5.41, 5.74) is 1.16. The zero-order valence-corrected chi connectivity index (χ0v) is 21.0. The molecule has 1 unspecified atom stereocenters. The van der Waals surface area contributed by atoms with Crippen molar-refractivity contribution in [1.29, 1.82) is 0 Å². The number of sulfonamides is 1. The van der Waals surface area contributed by atoms with Crippen LogP contribution in [0.1, 0.15) is 33.1 Å². The molecular weight excluding hydrogens is 479 g/mol. The van der Waals surface area contributed by atoms with Gasteiger partial charge in [-0.25, -0.2) is 17.6 Å². The number of carboxylic acids is 1. The Bertz CT molecular complexity index is 1150. The fourth-order valence-electron chi connectivity index (χ4n) is 3.83. The first-order valence-corrected chi connectivity index (χ1v) is 13.5. The van der Waals surface area contributed by atoms with Crippen LogP contribution in [0, 0.1) is 5.82 Å². The number of hydrogen-bond donors (Lipinski definition) is 1. The molecule has 1 aliphatic rings. The highest BCUT2D eigenvalue weighted by Gasteiger charge is 2.37. The Labute approximate surface area is 204 Å². The molecule has 1 N–H and O–H groups in total. The molecule has 1 aliphatic heterocycles. The van der Waals surface area contributed by atoms with Crippen LogP contribution in [0.4, 0.5) is 15.8 Å². The number of unbranched alkanes of at least 4 members (excludes halogenated alkanes) is 1. The molecule has 0 spiro atoms. The number of benzene rings is 2. The van der Waals surface area contributed by atoms with Gasteiger partial charge in [0.25, 0.3) is 0 Å². The average molecular weight is 509 g/mol. The Morgan fingerprint density at radius 1 is 1.26 bits per heavy atom. The van der Waals surface area contributed by atoms with E-state index in [0.717, 1.165) is 25.2 Å². The smallest absolute Gasteiger partial charge is 0.331 e. The fraction of sp³-hybridized carbons (Fsp3) is 0.375. The third-order valence-electron chi connectivity index (χ3n) is 5.62. The van der Waals surface area contributed by atoms with Crippen molar-refractivity contribution in [1.82, 2.24) is 4.31 Å². The summed E-state index contributed by atoms with van der Waals surface area (Å²) in [6.45, 7) is 4.42. The zero-order chi connectivity index (χ0) is 24.9. The lowest BCUT2D eigenvalue weighted by Gasteiger charge is -2.29. The maximum Gasteiger partial charge on any atom is 0.331 e. The minimum Gasteiger partial charge on any atom is -0.478 e. The van der Waals surface area contributed by atoms with E-state index in [1.807, 2.05) is 11.8 Å². The second kappa shape index (κ2) is 11.2. The van der Waals surface area contributed by atoms with E-state index in [2.05, 4.69) is 6.92 Å². The van der Waals surface area contributed by atoms with Gasteiger partial charge in [0.1, 0.15) is 16.5 Å².